The van der Waals surface area contributed by atoms with E-state index in [1.54, 1.807) is 0 Å². The van der Waals surface area contributed by atoms with E-state index >= 15 is 0 Å². The number of nitrogens with zero attached hydrogens (tertiary/aromatic N) is 2. The van der Waals surface area contributed by atoms with E-state index in [9.17, 15) is 0 Å². The summed E-state index contributed by atoms with van der Waals surface area (Å²) in [6, 6.07) is 0.255. The number of aryl methyl sites for hydroxylation is 1. The van der Waals surface area contributed by atoms with Gasteiger partial charge in [0.15, 0.2) is 0 Å². The first-order chi connectivity index (χ1) is 8.55. The lowest BCUT2D eigenvalue weighted by molar-refractivity contribution is -0.0739. The van der Waals surface area contributed by atoms with Crippen molar-refractivity contribution in [3.8, 4) is 0 Å². The van der Waals surface area contributed by atoms with E-state index in [1.807, 2.05) is 13.8 Å². The van der Waals surface area contributed by atoms with Crippen LogP contribution in [0.1, 0.15) is 69.4 Å². The molecule has 0 aromatic carbocycles. The van der Waals surface area contributed by atoms with E-state index < -0.39 is 0 Å². The molecule has 0 bridgehead atoms. The molecule has 1 aliphatic heterocycles. The molecular formula is C15H25ClN2O. The zero-order valence-electron chi connectivity index (χ0n) is 13.0. The van der Waals surface area contributed by atoms with Gasteiger partial charge < -0.3 is 4.74 Å². The summed E-state index contributed by atoms with van der Waals surface area (Å²) in [5.41, 5.74) is 3.04. The molecule has 1 saturated heterocycles. The molecule has 0 aliphatic carbocycles. The Balaban J connectivity index is 2.46. The van der Waals surface area contributed by atoms with Gasteiger partial charge in [0.05, 0.1) is 28.3 Å². The van der Waals surface area contributed by atoms with Gasteiger partial charge in [0.25, 0.3) is 0 Å². The Kier molecular flexibility index (Phi) is 3.51. The maximum atomic E-state index is 6.28. The summed E-state index contributed by atoms with van der Waals surface area (Å²) in [5.74, 6) is 0. The molecule has 2 atom stereocenters. The molecule has 0 saturated carbocycles. The van der Waals surface area contributed by atoms with Gasteiger partial charge in [0, 0.05) is 17.7 Å². The average Bonchev–Trinajstić information content (AvgIpc) is 2.59. The van der Waals surface area contributed by atoms with Gasteiger partial charge in [-0.15, -0.1) is 11.6 Å². The van der Waals surface area contributed by atoms with Crippen molar-refractivity contribution in [3.05, 3.63) is 17.0 Å². The summed E-state index contributed by atoms with van der Waals surface area (Å²) in [7, 11) is 0. The lowest BCUT2D eigenvalue weighted by atomic mass is 9.94. The summed E-state index contributed by atoms with van der Waals surface area (Å²) in [6.45, 7) is 14.7. The Morgan fingerprint density at radius 1 is 1.32 bits per heavy atom. The molecule has 1 aromatic heterocycles. The number of hydrogen-bond donors (Lipinski definition) is 0. The molecule has 2 unspecified atom stereocenters. The van der Waals surface area contributed by atoms with Gasteiger partial charge in [-0.25, -0.2) is 0 Å². The summed E-state index contributed by atoms with van der Waals surface area (Å²) >= 11 is 6.28. The van der Waals surface area contributed by atoms with Crippen molar-refractivity contribution in [2.45, 2.75) is 77.5 Å². The van der Waals surface area contributed by atoms with E-state index in [0.29, 0.717) is 0 Å². The predicted octanol–water partition coefficient (Wildman–Crippen LogP) is 4.32. The van der Waals surface area contributed by atoms with Crippen LogP contribution in [0.2, 0.25) is 0 Å². The second kappa shape index (κ2) is 4.49. The van der Waals surface area contributed by atoms with E-state index in [4.69, 9.17) is 21.4 Å². The van der Waals surface area contributed by atoms with Gasteiger partial charge in [0.2, 0.25) is 0 Å². The molecule has 0 radical (unpaired) electrons. The predicted molar refractivity (Wildman–Crippen MR) is 78.9 cm³/mol. The zero-order chi connectivity index (χ0) is 14.6. The molecule has 19 heavy (non-hydrogen) atoms. The standard InChI is InChI=1S/C15H25ClN2O/c1-9(16)13-10(2)17-18(11(13)3)12-8-14(4,5)19-15(12,6)7/h9,12H,8H2,1-7H3. The molecule has 1 aliphatic rings. The van der Waals surface area contributed by atoms with Gasteiger partial charge >= 0.3 is 0 Å². The van der Waals surface area contributed by atoms with Gasteiger partial charge in [0.1, 0.15) is 0 Å². The topological polar surface area (TPSA) is 27.1 Å². The molecule has 0 spiro atoms. The fourth-order valence-corrected chi connectivity index (χ4v) is 3.78. The molecular weight excluding hydrogens is 260 g/mol. The minimum Gasteiger partial charge on any atom is -0.367 e. The number of alkyl halides is 1. The molecule has 4 heteroatoms. The quantitative estimate of drug-likeness (QED) is 0.756. The van der Waals surface area contributed by atoms with Gasteiger partial charge in [-0.1, -0.05) is 0 Å². The first-order valence-electron chi connectivity index (χ1n) is 6.95. The minimum absolute atomic E-state index is 0.00723. The molecule has 108 valence electrons. The Morgan fingerprint density at radius 3 is 2.26 bits per heavy atom. The highest BCUT2D eigenvalue weighted by molar-refractivity contribution is 6.20. The largest absolute Gasteiger partial charge is 0.367 e. The van der Waals surface area contributed by atoms with Gasteiger partial charge in [-0.3, -0.25) is 4.68 Å². The smallest absolute Gasteiger partial charge is 0.0858 e. The normalized spacial score (nSPS) is 26.6. The maximum absolute atomic E-state index is 6.28. The Hall–Kier alpha value is -0.540. The number of rotatable bonds is 2. The maximum Gasteiger partial charge on any atom is 0.0858 e. The second-order valence-corrected chi connectivity index (χ2v) is 7.48. The first-order valence-corrected chi connectivity index (χ1v) is 7.38. The van der Waals surface area contributed by atoms with Crippen molar-refractivity contribution in [3.63, 3.8) is 0 Å². The van der Waals surface area contributed by atoms with Crippen LogP contribution in [0.25, 0.3) is 0 Å². The molecule has 3 nitrogen and oxygen atoms in total. The SMILES string of the molecule is Cc1nn(C2CC(C)(C)OC2(C)C)c(C)c1C(C)Cl. The van der Waals surface area contributed by atoms with Crippen LogP contribution in [0, 0.1) is 13.8 Å². The first kappa shape index (κ1) is 14.9. The van der Waals surface area contributed by atoms with Gasteiger partial charge in [-0.2, -0.15) is 5.10 Å². The molecule has 0 amide bonds. The van der Waals surface area contributed by atoms with Crippen LogP contribution < -0.4 is 0 Å². The molecule has 0 N–H and O–H groups in total. The Labute approximate surface area is 121 Å². The van der Waals surface area contributed by atoms with Crippen molar-refractivity contribution >= 4 is 11.6 Å². The van der Waals surface area contributed by atoms with Crippen LogP contribution in [0.4, 0.5) is 0 Å². The highest BCUT2D eigenvalue weighted by atomic mass is 35.5. The lowest BCUT2D eigenvalue weighted by Gasteiger charge is -2.28. The van der Waals surface area contributed by atoms with Crippen LogP contribution in [0.5, 0.6) is 0 Å². The molecule has 1 aromatic rings. The van der Waals surface area contributed by atoms with E-state index in [0.717, 1.165) is 17.7 Å². The Bertz CT molecular complexity index is 489. The van der Waals surface area contributed by atoms with Crippen molar-refractivity contribution in [1.82, 2.24) is 9.78 Å². The highest BCUT2D eigenvalue weighted by Gasteiger charge is 2.48. The van der Waals surface area contributed by atoms with Crippen LogP contribution in [0.3, 0.4) is 0 Å². The van der Waals surface area contributed by atoms with Crippen LogP contribution in [-0.4, -0.2) is 21.0 Å². The number of aromatic nitrogens is 2. The summed E-state index contributed by atoms with van der Waals surface area (Å²) in [4.78, 5) is 0. The number of ether oxygens (including phenoxy) is 1. The van der Waals surface area contributed by atoms with Crippen LogP contribution in [-0.2, 0) is 4.74 Å². The number of hydrogen-bond acceptors (Lipinski definition) is 2. The fraction of sp³-hybridized carbons (Fsp3) is 0.800. The molecule has 2 rings (SSSR count). The summed E-state index contributed by atoms with van der Waals surface area (Å²) in [5, 5.41) is 4.72. The summed E-state index contributed by atoms with van der Waals surface area (Å²) in [6.07, 6.45) is 0.970. The van der Waals surface area contributed by atoms with E-state index in [2.05, 4.69) is 39.3 Å². The van der Waals surface area contributed by atoms with Crippen molar-refractivity contribution in [2.75, 3.05) is 0 Å². The van der Waals surface area contributed by atoms with E-state index in [1.165, 1.54) is 5.69 Å². The minimum atomic E-state index is -0.209. The van der Waals surface area contributed by atoms with Crippen LogP contribution >= 0.6 is 11.6 Å². The monoisotopic (exact) mass is 284 g/mol. The van der Waals surface area contributed by atoms with Crippen LogP contribution in [0.15, 0.2) is 0 Å². The van der Waals surface area contributed by atoms with Crippen molar-refractivity contribution in [2.24, 2.45) is 0 Å². The molecule has 1 fully saturated rings. The second-order valence-electron chi connectivity index (χ2n) is 6.83. The van der Waals surface area contributed by atoms with E-state index in [-0.39, 0.29) is 22.6 Å². The molecule has 2 heterocycles. The zero-order valence-corrected chi connectivity index (χ0v) is 13.8. The highest BCUT2D eigenvalue weighted by Crippen LogP contribution is 2.45. The number of halogens is 1. The van der Waals surface area contributed by atoms with Crippen molar-refractivity contribution in [1.29, 1.82) is 0 Å². The average molecular weight is 285 g/mol. The third-order valence-electron chi connectivity index (χ3n) is 4.10. The summed E-state index contributed by atoms with van der Waals surface area (Å²) < 4.78 is 8.30. The lowest BCUT2D eigenvalue weighted by Crippen LogP contribution is -2.32. The van der Waals surface area contributed by atoms with Crippen molar-refractivity contribution < 1.29 is 4.74 Å². The third kappa shape index (κ3) is 2.55. The Morgan fingerprint density at radius 2 is 1.89 bits per heavy atom. The van der Waals surface area contributed by atoms with Gasteiger partial charge in [-0.05, 0) is 48.5 Å². The fourth-order valence-electron chi connectivity index (χ4n) is 3.47. The third-order valence-corrected chi connectivity index (χ3v) is 4.32.